The van der Waals surface area contributed by atoms with Crippen molar-refractivity contribution in [1.82, 2.24) is 9.78 Å². The van der Waals surface area contributed by atoms with Crippen molar-refractivity contribution in [2.24, 2.45) is 7.05 Å². The lowest BCUT2D eigenvalue weighted by atomic mass is 10.1. The van der Waals surface area contributed by atoms with E-state index >= 15 is 0 Å². The molecule has 30 heavy (non-hydrogen) atoms. The second kappa shape index (κ2) is 8.06. The molecule has 0 amide bonds. The maximum Gasteiger partial charge on any atom is 0.488 e. The van der Waals surface area contributed by atoms with Gasteiger partial charge in [0.15, 0.2) is 5.69 Å². The first-order valence-corrected chi connectivity index (χ1v) is 9.47. The summed E-state index contributed by atoms with van der Waals surface area (Å²) < 4.78 is 72.7. The minimum absolute atomic E-state index is 0.0881. The van der Waals surface area contributed by atoms with Crippen LogP contribution < -0.4 is 8.92 Å². The van der Waals surface area contributed by atoms with Crippen LogP contribution in [-0.4, -0.2) is 29.3 Å². The second-order valence-corrected chi connectivity index (χ2v) is 6.95. The van der Waals surface area contributed by atoms with Gasteiger partial charge in [-0.3, -0.25) is 4.68 Å². The molecule has 0 aliphatic heterocycles. The van der Waals surface area contributed by atoms with Gasteiger partial charge in [-0.15, -0.1) is 0 Å². The number of aryl methyl sites for hydroxylation is 1. The molecule has 12 heteroatoms. The maximum atomic E-state index is 14.5. The summed E-state index contributed by atoms with van der Waals surface area (Å²) in [5.74, 6) is -3.30. The van der Waals surface area contributed by atoms with Crippen molar-refractivity contribution in [2.45, 2.75) is 6.61 Å². The van der Waals surface area contributed by atoms with E-state index < -0.39 is 34.7 Å². The number of aromatic nitrogens is 2. The van der Waals surface area contributed by atoms with E-state index in [0.717, 1.165) is 24.3 Å². The lowest BCUT2D eigenvalue weighted by Crippen LogP contribution is -2.04. The monoisotopic (exact) mass is 442 g/mol. The molecule has 1 N–H and O–H groups in total. The van der Waals surface area contributed by atoms with Crippen LogP contribution in [0.3, 0.4) is 0 Å². The van der Waals surface area contributed by atoms with E-state index in [1.54, 1.807) is 0 Å². The lowest BCUT2D eigenvalue weighted by Gasteiger charge is -2.11. The fourth-order valence-electron chi connectivity index (χ4n) is 2.59. The number of benzene rings is 2. The minimum Gasteiger partial charge on any atom is -0.489 e. The molecule has 0 aliphatic rings. The molecule has 2 aromatic carbocycles. The summed E-state index contributed by atoms with van der Waals surface area (Å²) in [6, 6.07) is 7.89. The zero-order chi connectivity index (χ0) is 22.1. The third-order valence-corrected chi connectivity index (χ3v) is 4.33. The first-order chi connectivity index (χ1) is 14.0. The standard InChI is InChI=1S/C18H13F3N2O6S/c1-23-17(8-16(22-23)18(24)25)10-6-14(19)13(15(20)7-10)9-28-11-2-4-12(5-3-11)29-30(21,26)27/h2-8H,9H2,1H3,(H,24,25). The molecule has 1 aromatic heterocycles. The SMILES string of the molecule is Cn1nc(C(=O)O)cc1-c1cc(F)c(COc2ccc(OS(=O)(=O)F)cc2)c(F)c1. The van der Waals surface area contributed by atoms with Crippen LogP contribution in [0.5, 0.6) is 11.5 Å². The van der Waals surface area contributed by atoms with Gasteiger partial charge in [0.05, 0.1) is 11.3 Å². The summed E-state index contributed by atoms with van der Waals surface area (Å²) in [5.41, 5.74) is -0.360. The molecule has 0 bridgehead atoms. The normalized spacial score (nSPS) is 11.3. The molecule has 8 nitrogen and oxygen atoms in total. The van der Waals surface area contributed by atoms with Crippen molar-refractivity contribution in [1.29, 1.82) is 0 Å². The number of carboxylic acid groups (broad SMARTS) is 1. The number of hydrogen-bond donors (Lipinski definition) is 1. The summed E-state index contributed by atoms with van der Waals surface area (Å²) >= 11 is 0. The number of halogens is 3. The summed E-state index contributed by atoms with van der Waals surface area (Å²) in [6.07, 6.45) is 0. The maximum absolute atomic E-state index is 14.5. The smallest absolute Gasteiger partial charge is 0.488 e. The molecule has 0 saturated carbocycles. The molecule has 0 atom stereocenters. The lowest BCUT2D eigenvalue weighted by molar-refractivity contribution is 0.0689. The summed E-state index contributed by atoms with van der Waals surface area (Å²) in [5, 5.41) is 12.7. The van der Waals surface area contributed by atoms with E-state index in [2.05, 4.69) is 9.28 Å². The number of rotatable bonds is 7. The van der Waals surface area contributed by atoms with Crippen molar-refractivity contribution >= 4 is 16.5 Å². The fraction of sp³-hybridized carbons (Fsp3) is 0.111. The van der Waals surface area contributed by atoms with Crippen molar-refractivity contribution in [3.05, 3.63) is 65.4 Å². The van der Waals surface area contributed by atoms with Gasteiger partial charge in [-0.05, 0) is 42.5 Å². The van der Waals surface area contributed by atoms with Crippen LogP contribution >= 0.6 is 0 Å². The van der Waals surface area contributed by atoms with Crippen LogP contribution in [0.2, 0.25) is 0 Å². The Balaban J connectivity index is 1.77. The van der Waals surface area contributed by atoms with Crippen molar-refractivity contribution in [3.8, 4) is 22.8 Å². The van der Waals surface area contributed by atoms with E-state index in [-0.39, 0.29) is 34.0 Å². The summed E-state index contributed by atoms with van der Waals surface area (Å²) in [4.78, 5) is 11.0. The zero-order valence-corrected chi connectivity index (χ0v) is 16.0. The third-order valence-electron chi connectivity index (χ3n) is 3.94. The molecule has 0 fully saturated rings. The highest BCUT2D eigenvalue weighted by molar-refractivity contribution is 7.81. The molecule has 3 aromatic rings. The molecule has 0 aliphatic carbocycles. The van der Waals surface area contributed by atoms with Gasteiger partial charge in [0, 0.05) is 12.6 Å². The Bertz CT molecular complexity index is 1190. The summed E-state index contributed by atoms with van der Waals surface area (Å²) in [7, 11) is -3.73. The van der Waals surface area contributed by atoms with E-state index in [1.807, 2.05) is 0 Å². The predicted octanol–water partition coefficient (Wildman–Crippen LogP) is 3.24. The van der Waals surface area contributed by atoms with Gasteiger partial charge in [-0.2, -0.15) is 13.5 Å². The molecular formula is C18H13F3N2O6S. The Morgan fingerprint density at radius 2 is 1.67 bits per heavy atom. The Morgan fingerprint density at radius 3 is 2.17 bits per heavy atom. The van der Waals surface area contributed by atoms with Gasteiger partial charge in [-0.1, -0.05) is 3.89 Å². The van der Waals surface area contributed by atoms with Gasteiger partial charge in [0.2, 0.25) is 0 Å². The first-order valence-electron chi connectivity index (χ1n) is 8.16. The number of carboxylic acids is 1. The Labute approximate surface area is 168 Å². The Hall–Kier alpha value is -3.54. The van der Waals surface area contributed by atoms with Gasteiger partial charge >= 0.3 is 16.5 Å². The van der Waals surface area contributed by atoms with Crippen LogP contribution in [0, 0.1) is 11.6 Å². The van der Waals surface area contributed by atoms with Crippen molar-refractivity contribution < 1.29 is 39.9 Å². The third kappa shape index (κ3) is 4.89. The second-order valence-electron chi connectivity index (χ2n) is 6.00. The molecule has 0 unspecified atom stereocenters. The van der Waals surface area contributed by atoms with Gasteiger partial charge in [0.1, 0.15) is 29.7 Å². The molecule has 0 spiro atoms. The Morgan fingerprint density at radius 1 is 1.10 bits per heavy atom. The number of hydrogen-bond acceptors (Lipinski definition) is 6. The van der Waals surface area contributed by atoms with Crippen molar-refractivity contribution in [2.75, 3.05) is 0 Å². The van der Waals surface area contributed by atoms with Crippen LogP contribution in [0.25, 0.3) is 11.3 Å². The zero-order valence-electron chi connectivity index (χ0n) is 15.2. The number of carbonyl (C=O) groups is 1. The molecule has 158 valence electrons. The van der Waals surface area contributed by atoms with Crippen molar-refractivity contribution in [3.63, 3.8) is 0 Å². The van der Waals surface area contributed by atoms with Gasteiger partial charge in [0.25, 0.3) is 0 Å². The molecule has 0 radical (unpaired) electrons. The topological polar surface area (TPSA) is 108 Å². The average molecular weight is 442 g/mol. The largest absolute Gasteiger partial charge is 0.489 e. The first kappa shape index (κ1) is 21.2. The molecular weight excluding hydrogens is 429 g/mol. The molecule has 3 rings (SSSR count). The van der Waals surface area contributed by atoms with Crippen LogP contribution in [0.4, 0.5) is 12.7 Å². The van der Waals surface area contributed by atoms with Gasteiger partial charge in [-0.25, -0.2) is 13.6 Å². The highest BCUT2D eigenvalue weighted by Crippen LogP contribution is 2.26. The van der Waals surface area contributed by atoms with Gasteiger partial charge < -0.3 is 14.0 Å². The summed E-state index contributed by atoms with van der Waals surface area (Å²) in [6.45, 7) is -0.495. The molecule has 1 heterocycles. The Kier molecular flexibility index (Phi) is 5.69. The van der Waals surface area contributed by atoms with E-state index in [1.165, 1.54) is 29.9 Å². The van der Waals surface area contributed by atoms with Crippen LogP contribution in [0.15, 0.2) is 42.5 Å². The number of aromatic carboxylic acids is 1. The predicted molar refractivity (Wildman–Crippen MR) is 96.9 cm³/mol. The number of ether oxygens (including phenoxy) is 1. The minimum atomic E-state index is -5.17. The van der Waals surface area contributed by atoms with E-state index in [0.29, 0.717) is 0 Å². The fourth-order valence-corrected chi connectivity index (χ4v) is 2.93. The van der Waals surface area contributed by atoms with Crippen LogP contribution in [0.1, 0.15) is 16.1 Å². The average Bonchev–Trinajstić information content (AvgIpc) is 3.03. The highest BCUT2D eigenvalue weighted by atomic mass is 32.3. The highest BCUT2D eigenvalue weighted by Gasteiger charge is 2.18. The van der Waals surface area contributed by atoms with E-state index in [4.69, 9.17) is 9.84 Å². The number of nitrogens with zero attached hydrogens (tertiary/aromatic N) is 2. The molecule has 0 saturated heterocycles. The quantitative estimate of drug-likeness (QED) is 0.560. The van der Waals surface area contributed by atoms with E-state index in [9.17, 15) is 25.9 Å². The van der Waals surface area contributed by atoms with Crippen LogP contribution in [-0.2, 0) is 24.2 Å².